The number of halogens is 1. The molecule has 36 heavy (non-hydrogen) atoms. The average molecular weight is 564 g/mol. The van der Waals surface area contributed by atoms with Crippen molar-refractivity contribution in [1.29, 1.82) is 0 Å². The molecule has 7 nitrogen and oxygen atoms in total. The van der Waals surface area contributed by atoms with Gasteiger partial charge in [-0.2, -0.15) is 5.10 Å². The minimum Gasteiger partial charge on any atom is -0.488 e. The molecule has 0 aliphatic rings. The first-order chi connectivity index (χ1) is 17.4. The Morgan fingerprint density at radius 3 is 2.25 bits per heavy atom. The lowest BCUT2D eigenvalue weighted by Crippen LogP contribution is -2.18. The summed E-state index contributed by atoms with van der Waals surface area (Å²) < 4.78 is 34.2. The van der Waals surface area contributed by atoms with E-state index in [9.17, 15) is 13.2 Å². The fourth-order valence-electron chi connectivity index (χ4n) is 3.22. The van der Waals surface area contributed by atoms with Gasteiger partial charge in [-0.3, -0.25) is 9.52 Å². The maximum atomic E-state index is 12.5. The number of anilines is 1. The highest BCUT2D eigenvalue weighted by molar-refractivity contribution is 9.10. The van der Waals surface area contributed by atoms with Gasteiger partial charge in [0.2, 0.25) is 0 Å². The average Bonchev–Trinajstić information content (AvgIpc) is 2.89. The van der Waals surface area contributed by atoms with Gasteiger partial charge in [0, 0.05) is 21.3 Å². The Morgan fingerprint density at radius 2 is 1.56 bits per heavy atom. The molecule has 0 heterocycles. The lowest BCUT2D eigenvalue weighted by Gasteiger charge is -2.10. The number of nitrogens with zero attached hydrogens (tertiary/aromatic N) is 1. The van der Waals surface area contributed by atoms with Crippen molar-refractivity contribution in [2.24, 2.45) is 5.10 Å². The van der Waals surface area contributed by atoms with Gasteiger partial charge in [-0.05, 0) is 60.2 Å². The van der Waals surface area contributed by atoms with E-state index in [4.69, 9.17) is 4.74 Å². The maximum Gasteiger partial charge on any atom is 0.271 e. The van der Waals surface area contributed by atoms with E-state index in [2.05, 4.69) is 31.2 Å². The van der Waals surface area contributed by atoms with Crippen molar-refractivity contribution in [1.82, 2.24) is 5.43 Å². The second-order valence-electron chi connectivity index (χ2n) is 7.65. The van der Waals surface area contributed by atoms with Crippen molar-refractivity contribution in [3.63, 3.8) is 0 Å². The molecule has 0 aliphatic heterocycles. The standard InChI is InChI=1S/C27H22BrN3O4S/c28-23-13-16-26(35-19-20-7-3-1-4-8-20)22(17-23)18-29-30-27(32)21-11-14-24(15-12-21)31-36(33,34)25-9-5-2-6-10-25/h1-18,31H,19H2,(H,30,32). The fraction of sp³-hybridized carbons (Fsp3) is 0.0370. The number of sulfonamides is 1. The lowest BCUT2D eigenvalue weighted by atomic mass is 10.2. The van der Waals surface area contributed by atoms with Crippen LogP contribution in [0.15, 0.2) is 118 Å². The van der Waals surface area contributed by atoms with E-state index in [1.54, 1.807) is 18.2 Å². The molecule has 0 aliphatic carbocycles. The van der Waals surface area contributed by atoms with Crippen LogP contribution in [0, 0.1) is 0 Å². The van der Waals surface area contributed by atoms with Crippen LogP contribution in [0.5, 0.6) is 5.75 Å². The monoisotopic (exact) mass is 563 g/mol. The first kappa shape index (κ1) is 25.2. The Kier molecular flexibility index (Phi) is 8.14. The Morgan fingerprint density at radius 1 is 0.889 bits per heavy atom. The predicted molar refractivity (Wildman–Crippen MR) is 144 cm³/mol. The summed E-state index contributed by atoms with van der Waals surface area (Å²) in [4.78, 5) is 12.7. The van der Waals surface area contributed by atoms with Crippen molar-refractivity contribution in [2.75, 3.05) is 4.72 Å². The molecule has 0 radical (unpaired) electrons. The van der Waals surface area contributed by atoms with Gasteiger partial charge in [-0.1, -0.05) is 64.5 Å². The second kappa shape index (κ2) is 11.7. The number of nitrogens with one attached hydrogen (secondary N) is 2. The van der Waals surface area contributed by atoms with Crippen LogP contribution in [0.1, 0.15) is 21.5 Å². The summed E-state index contributed by atoms with van der Waals surface area (Å²) in [6.07, 6.45) is 1.51. The van der Waals surface area contributed by atoms with Gasteiger partial charge in [0.15, 0.2) is 0 Å². The van der Waals surface area contributed by atoms with Crippen molar-refractivity contribution >= 4 is 43.8 Å². The molecule has 0 spiro atoms. The smallest absolute Gasteiger partial charge is 0.271 e. The molecule has 4 aromatic rings. The van der Waals surface area contributed by atoms with Gasteiger partial charge in [0.05, 0.1) is 11.1 Å². The van der Waals surface area contributed by atoms with Crippen molar-refractivity contribution < 1.29 is 17.9 Å². The van der Waals surface area contributed by atoms with Crippen LogP contribution >= 0.6 is 15.9 Å². The van der Waals surface area contributed by atoms with Crippen LogP contribution in [0.4, 0.5) is 5.69 Å². The molecule has 9 heteroatoms. The van der Waals surface area contributed by atoms with Crippen molar-refractivity contribution in [3.05, 3.63) is 124 Å². The minimum absolute atomic E-state index is 0.154. The number of hydrogen-bond donors (Lipinski definition) is 2. The SMILES string of the molecule is O=C(NN=Cc1cc(Br)ccc1OCc1ccccc1)c1ccc(NS(=O)(=O)c2ccccc2)cc1. The maximum absolute atomic E-state index is 12.5. The zero-order chi connectivity index (χ0) is 25.4. The molecule has 1 amide bonds. The summed E-state index contributed by atoms with van der Waals surface area (Å²) in [5.41, 5.74) is 4.87. The van der Waals surface area contributed by atoms with Gasteiger partial charge in [0.1, 0.15) is 12.4 Å². The number of benzene rings is 4. The van der Waals surface area contributed by atoms with Gasteiger partial charge >= 0.3 is 0 Å². The summed E-state index contributed by atoms with van der Waals surface area (Å²) in [6, 6.07) is 29.4. The molecule has 182 valence electrons. The van der Waals surface area contributed by atoms with E-state index in [0.717, 1.165) is 10.0 Å². The third kappa shape index (κ3) is 6.80. The number of hydrogen-bond acceptors (Lipinski definition) is 5. The van der Waals surface area contributed by atoms with E-state index in [1.165, 1.54) is 42.6 Å². The van der Waals surface area contributed by atoms with Crippen LogP contribution in [0.2, 0.25) is 0 Å². The van der Waals surface area contributed by atoms with Crippen molar-refractivity contribution in [2.45, 2.75) is 11.5 Å². The Bertz CT molecular complexity index is 1460. The Labute approximate surface area is 218 Å². The second-order valence-corrected chi connectivity index (χ2v) is 10.2. The van der Waals surface area contributed by atoms with Crippen LogP contribution in [-0.4, -0.2) is 20.5 Å². The van der Waals surface area contributed by atoms with Crippen LogP contribution < -0.4 is 14.9 Å². The Balaban J connectivity index is 1.38. The predicted octanol–water partition coefficient (Wildman–Crippen LogP) is 5.59. The fourth-order valence-corrected chi connectivity index (χ4v) is 4.67. The van der Waals surface area contributed by atoms with E-state index < -0.39 is 15.9 Å². The molecule has 0 atom stereocenters. The number of carbonyl (C=O) groups is 1. The molecular formula is C27H22BrN3O4S. The first-order valence-electron chi connectivity index (χ1n) is 10.9. The minimum atomic E-state index is -3.71. The molecule has 0 aromatic heterocycles. The highest BCUT2D eigenvalue weighted by atomic mass is 79.9. The van der Waals surface area contributed by atoms with Crippen LogP contribution in [-0.2, 0) is 16.6 Å². The highest BCUT2D eigenvalue weighted by Gasteiger charge is 2.14. The molecule has 0 fully saturated rings. The van der Waals surface area contributed by atoms with Crippen LogP contribution in [0.3, 0.4) is 0 Å². The van der Waals surface area contributed by atoms with Gasteiger partial charge in [0.25, 0.3) is 15.9 Å². The lowest BCUT2D eigenvalue weighted by molar-refractivity contribution is 0.0955. The summed E-state index contributed by atoms with van der Waals surface area (Å²) in [5.74, 6) is 0.181. The largest absolute Gasteiger partial charge is 0.488 e. The number of carbonyl (C=O) groups excluding carboxylic acids is 1. The summed E-state index contributed by atoms with van der Waals surface area (Å²) >= 11 is 3.44. The zero-order valence-corrected chi connectivity index (χ0v) is 21.4. The number of amides is 1. The molecule has 0 bridgehead atoms. The van der Waals surface area contributed by atoms with E-state index >= 15 is 0 Å². The molecule has 4 aromatic carbocycles. The zero-order valence-electron chi connectivity index (χ0n) is 19.0. The third-order valence-corrected chi connectivity index (χ3v) is 6.92. The van der Waals surface area contributed by atoms with E-state index in [0.29, 0.717) is 29.2 Å². The number of ether oxygens (including phenoxy) is 1. The van der Waals surface area contributed by atoms with Gasteiger partial charge < -0.3 is 4.74 Å². The molecule has 0 saturated heterocycles. The summed E-state index contributed by atoms with van der Waals surface area (Å²) in [7, 11) is -3.71. The first-order valence-corrected chi connectivity index (χ1v) is 13.2. The quantitative estimate of drug-likeness (QED) is 0.205. The molecule has 2 N–H and O–H groups in total. The van der Waals surface area contributed by atoms with Gasteiger partial charge in [-0.25, -0.2) is 13.8 Å². The normalized spacial score (nSPS) is 11.2. The molecule has 4 rings (SSSR count). The Hall–Kier alpha value is -3.95. The number of rotatable bonds is 9. The highest BCUT2D eigenvalue weighted by Crippen LogP contribution is 2.23. The molecule has 0 saturated carbocycles. The van der Waals surface area contributed by atoms with Gasteiger partial charge in [-0.15, -0.1) is 0 Å². The van der Waals surface area contributed by atoms with E-state index in [-0.39, 0.29) is 4.90 Å². The number of hydrazone groups is 1. The van der Waals surface area contributed by atoms with Crippen molar-refractivity contribution in [3.8, 4) is 5.75 Å². The molecule has 0 unspecified atom stereocenters. The summed E-state index contributed by atoms with van der Waals surface area (Å²) in [6.45, 7) is 0.399. The molecular weight excluding hydrogens is 542 g/mol. The summed E-state index contributed by atoms with van der Waals surface area (Å²) in [5, 5.41) is 4.06. The van der Waals surface area contributed by atoms with Crippen LogP contribution in [0.25, 0.3) is 0 Å². The van der Waals surface area contributed by atoms with E-state index in [1.807, 2.05) is 48.5 Å². The topological polar surface area (TPSA) is 96.9 Å². The third-order valence-electron chi connectivity index (χ3n) is 5.03.